The molecule has 4 amide bonds. The number of benzene rings is 1. The van der Waals surface area contributed by atoms with Crippen LogP contribution in [0.3, 0.4) is 0 Å². The van der Waals surface area contributed by atoms with Gasteiger partial charge < -0.3 is 25.4 Å². The number of anilines is 1. The van der Waals surface area contributed by atoms with Gasteiger partial charge in [-0.2, -0.15) is 18.3 Å². The number of hydrogen-bond donors (Lipinski definition) is 2. The maximum Gasteiger partial charge on any atom is 0.435 e. The Balaban J connectivity index is 1.16. The molecule has 2 aromatic heterocycles. The Bertz CT molecular complexity index is 1630. The highest BCUT2D eigenvalue weighted by Crippen LogP contribution is 2.53. The molecule has 3 aromatic rings. The maximum absolute atomic E-state index is 13.7. The Kier molecular flexibility index (Phi) is 6.50. The van der Waals surface area contributed by atoms with Crippen LogP contribution in [0.4, 0.5) is 32.4 Å². The highest BCUT2D eigenvalue weighted by atomic mass is 19.4. The van der Waals surface area contributed by atoms with E-state index in [1.54, 1.807) is 28.9 Å². The van der Waals surface area contributed by atoms with Gasteiger partial charge in [0.25, 0.3) is 17.7 Å². The van der Waals surface area contributed by atoms with Crippen molar-refractivity contribution in [3.05, 3.63) is 53.2 Å². The van der Waals surface area contributed by atoms with E-state index in [0.717, 1.165) is 17.0 Å². The van der Waals surface area contributed by atoms with Crippen molar-refractivity contribution < 1.29 is 36.3 Å². The zero-order chi connectivity index (χ0) is 31.0. The zero-order valence-electron chi connectivity index (χ0n) is 23.0. The first-order valence-electron chi connectivity index (χ1n) is 13.5. The number of nitrogens with one attached hydrogen (secondary N) is 1. The topological polar surface area (TPSA) is 131 Å². The molecule has 1 unspecified atom stereocenters. The molecular weight excluding hydrogens is 579 g/mol. The number of carbonyl (C=O) groups is 3. The Morgan fingerprint density at radius 1 is 1.07 bits per heavy atom. The summed E-state index contributed by atoms with van der Waals surface area (Å²) in [6, 6.07) is 2.79. The normalized spacial score (nSPS) is 22.5. The van der Waals surface area contributed by atoms with Crippen molar-refractivity contribution in [2.75, 3.05) is 31.5 Å². The van der Waals surface area contributed by atoms with Crippen molar-refractivity contribution in [2.24, 2.45) is 24.6 Å². The van der Waals surface area contributed by atoms with Crippen LogP contribution in [0.5, 0.6) is 0 Å². The smallest absolute Gasteiger partial charge is 0.351 e. The maximum atomic E-state index is 13.7. The molecule has 3 N–H and O–H groups in total. The van der Waals surface area contributed by atoms with Crippen LogP contribution < -0.4 is 11.1 Å². The first-order chi connectivity index (χ1) is 20.1. The van der Waals surface area contributed by atoms with Crippen molar-refractivity contribution in [3.8, 4) is 11.3 Å². The molecular formula is C27H27F5N8O3. The van der Waals surface area contributed by atoms with Gasteiger partial charge in [-0.3, -0.25) is 14.3 Å². The van der Waals surface area contributed by atoms with Gasteiger partial charge in [-0.1, -0.05) is 0 Å². The lowest BCUT2D eigenvalue weighted by molar-refractivity contribution is -0.141. The van der Waals surface area contributed by atoms with E-state index >= 15 is 0 Å². The van der Waals surface area contributed by atoms with Crippen molar-refractivity contribution in [3.63, 3.8) is 0 Å². The summed E-state index contributed by atoms with van der Waals surface area (Å²) >= 11 is 0. The first-order valence-corrected chi connectivity index (χ1v) is 13.5. The summed E-state index contributed by atoms with van der Waals surface area (Å²) in [7, 11) is 1.33. The summed E-state index contributed by atoms with van der Waals surface area (Å²) in [5, 5.41) is 6.02. The van der Waals surface area contributed by atoms with E-state index in [0.29, 0.717) is 47.7 Å². The number of urea groups is 1. The second kappa shape index (κ2) is 9.77. The number of primary amides is 1. The van der Waals surface area contributed by atoms with Crippen LogP contribution in [0, 0.1) is 18.8 Å². The fourth-order valence-corrected chi connectivity index (χ4v) is 5.98. The van der Waals surface area contributed by atoms with Gasteiger partial charge in [0.15, 0.2) is 11.5 Å². The van der Waals surface area contributed by atoms with Gasteiger partial charge in [0.2, 0.25) is 0 Å². The van der Waals surface area contributed by atoms with Crippen LogP contribution in [-0.4, -0.2) is 79.1 Å². The van der Waals surface area contributed by atoms with Crippen LogP contribution in [0.2, 0.25) is 0 Å². The summed E-state index contributed by atoms with van der Waals surface area (Å²) in [6.07, 6.45) is -3.58. The van der Waals surface area contributed by atoms with E-state index in [1.807, 2.05) is 0 Å². The molecule has 0 bridgehead atoms. The average molecular weight is 607 g/mol. The van der Waals surface area contributed by atoms with E-state index in [1.165, 1.54) is 13.1 Å². The number of hydrogen-bond acceptors (Lipinski definition) is 5. The third-order valence-electron chi connectivity index (χ3n) is 8.38. The van der Waals surface area contributed by atoms with Crippen molar-refractivity contribution in [1.82, 2.24) is 29.1 Å². The molecule has 6 rings (SSSR count). The average Bonchev–Trinajstić information content (AvgIpc) is 3.44. The molecule has 0 spiro atoms. The van der Waals surface area contributed by atoms with Crippen LogP contribution in [-0.2, 0) is 13.2 Å². The number of halogens is 5. The van der Waals surface area contributed by atoms with E-state index in [9.17, 15) is 36.3 Å². The lowest BCUT2D eigenvalue weighted by Crippen LogP contribution is -2.38. The van der Waals surface area contributed by atoms with Crippen LogP contribution in [0.25, 0.3) is 11.3 Å². The van der Waals surface area contributed by atoms with E-state index in [-0.39, 0.29) is 29.3 Å². The third-order valence-corrected chi connectivity index (χ3v) is 8.38. The Labute approximate surface area is 241 Å². The minimum absolute atomic E-state index is 0.126. The number of likely N-dealkylation sites (tertiary alicyclic amines) is 2. The standard InChI is InChI=1S/C27H27F5N8O3/c1-13-5-16(3-4-17(13)24(42)38-8-14-10-39(25(33)43)11-15(14)9-38)35-23(41)22-34-7-19(37(22)2)18-12-40(20-6-26(20,28)29)36-21(18)27(30,31)32/h3-5,7,12,14-15,20H,6,8-11H2,1-2H3,(H2,33,43)(H,35,41)/t14-,15+,20?. The minimum Gasteiger partial charge on any atom is -0.351 e. The van der Waals surface area contributed by atoms with Gasteiger partial charge in [0.05, 0.1) is 17.5 Å². The molecule has 43 heavy (non-hydrogen) atoms. The van der Waals surface area contributed by atoms with E-state index in [4.69, 9.17) is 5.73 Å². The lowest BCUT2D eigenvalue weighted by Gasteiger charge is -2.21. The quantitative estimate of drug-likeness (QED) is 0.429. The summed E-state index contributed by atoms with van der Waals surface area (Å²) in [5.41, 5.74) is 4.79. The minimum atomic E-state index is -4.92. The molecule has 2 saturated heterocycles. The number of alkyl halides is 5. The number of nitrogens with two attached hydrogens (primary N) is 1. The molecule has 3 aliphatic rings. The number of carbonyl (C=O) groups excluding carboxylic acids is 3. The number of amides is 4. The fourth-order valence-electron chi connectivity index (χ4n) is 5.98. The molecule has 1 aromatic carbocycles. The molecule has 3 fully saturated rings. The monoisotopic (exact) mass is 606 g/mol. The number of aryl methyl sites for hydroxylation is 1. The van der Waals surface area contributed by atoms with Gasteiger partial charge in [-0.15, -0.1) is 0 Å². The number of aromatic nitrogens is 4. The van der Waals surface area contributed by atoms with Crippen LogP contribution >= 0.6 is 0 Å². The largest absolute Gasteiger partial charge is 0.435 e. The summed E-state index contributed by atoms with van der Waals surface area (Å²) in [5.74, 6) is -3.94. The second-order valence-corrected chi connectivity index (χ2v) is 11.3. The van der Waals surface area contributed by atoms with E-state index < -0.39 is 47.8 Å². The molecule has 16 heteroatoms. The molecule has 3 atom stereocenters. The summed E-state index contributed by atoms with van der Waals surface area (Å²) in [6.45, 7) is 3.75. The number of nitrogens with zero attached hydrogens (tertiary/aromatic N) is 6. The highest BCUT2D eigenvalue weighted by Gasteiger charge is 2.59. The van der Waals surface area contributed by atoms with Gasteiger partial charge in [-0.25, -0.2) is 18.6 Å². The molecule has 1 aliphatic carbocycles. The molecule has 1 saturated carbocycles. The fraction of sp³-hybridized carbons (Fsp3) is 0.444. The molecule has 11 nitrogen and oxygen atoms in total. The number of imidazole rings is 1. The number of rotatable bonds is 5. The van der Waals surface area contributed by atoms with Gasteiger partial charge in [0, 0.05) is 68.9 Å². The highest BCUT2D eigenvalue weighted by molar-refractivity contribution is 6.03. The van der Waals surface area contributed by atoms with Crippen molar-refractivity contribution in [2.45, 2.75) is 31.5 Å². The van der Waals surface area contributed by atoms with Gasteiger partial charge in [0.1, 0.15) is 6.04 Å². The molecule has 2 aliphatic heterocycles. The predicted molar refractivity (Wildman–Crippen MR) is 141 cm³/mol. The van der Waals surface area contributed by atoms with E-state index in [2.05, 4.69) is 15.4 Å². The lowest BCUT2D eigenvalue weighted by atomic mass is 10.0. The Morgan fingerprint density at radius 3 is 2.26 bits per heavy atom. The molecule has 4 heterocycles. The SMILES string of the molecule is Cc1cc(NC(=O)c2ncc(-c3cn(C4CC4(F)F)nc3C(F)(F)F)n2C)ccc1C(=O)N1C[C@H]2CN(C(N)=O)C[C@H]2C1. The summed E-state index contributed by atoms with van der Waals surface area (Å²) < 4.78 is 70.0. The van der Waals surface area contributed by atoms with Crippen molar-refractivity contribution in [1.29, 1.82) is 0 Å². The molecule has 0 radical (unpaired) electrons. The Morgan fingerprint density at radius 2 is 1.70 bits per heavy atom. The van der Waals surface area contributed by atoms with Crippen LogP contribution in [0.15, 0.2) is 30.6 Å². The van der Waals surface area contributed by atoms with Gasteiger partial charge >= 0.3 is 12.2 Å². The summed E-state index contributed by atoms with van der Waals surface area (Å²) in [4.78, 5) is 45.0. The third kappa shape index (κ3) is 5.07. The van der Waals surface area contributed by atoms with Crippen LogP contribution in [0.1, 0.15) is 44.7 Å². The predicted octanol–water partition coefficient (Wildman–Crippen LogP) is 3.53. The van der Waals surface area contributed by atoms with Gasteiger partial charge in [-0.05, 0) is 30.7 Å². The second-order valence-electron chi connectivity index (χ2n) is 11.3. The Hall–Kier alpha value is -4.50. The zero-order valence-corrected chi connectivity index (χ0v) is 23.0. The molecule has 228 valence electrons. The van der Waals surface area contributed by atoms with Crippen molar-refractivity contribution >= 4 is 23.5 Å². The first kappa shape index (κ1) is 28.6. The number of fused-ring (bicyclic) bond motifs is 1.